The molecule has 0 fully saturated rings. The molecule has 2 N–H and O–H groups in total. The lowest BCUT2D eigenvalue weighted by Gasteiger charge is -2.28. The van der Waals surface area contributed by atoms with Crippen molar-refractivity contribution >= 4 is 11.9 Å². The van der Waals surface area contributed by atoms with Gasteiger partial charge < -0.3 is 10.4 Å². The number of carbonyl (C=O) groups excluding carboxylic acids is 1. The average Bonchev–Trinajstić information content (AvgIpc) is 2.28. The minimum Gasteiger partial charge on any atom is -0.481 e. The zero-order valence-corrected chi connectivity index (χ0v) is 11.5. The number of amides is 1. The van der Waals surface area contributed by atoms with Gasteiger partial charge in [-0.25, -0.2) is 0 Å². The number of hydrogen-bond acceptors (Lipinski definition) is 2. The molecule has 0 aromatic carbocycles. The molecule has 0 rings (SSSR count). The molecule has 1 amide bonds. The molecule has 4 nitrogen and oxygen atoms in total. The van der Waals surface area contributed by atoms with Crippen LogP contribution in [0.5, 0.6) is 0 Å². The van der Waals surface area contributed by atoms with Crippen LogP contribution in [0.25, 0.3) is 0 Å². The quantitative estimate of drug-likeness (QED) is 0.514. The summed E-state index contributed by atoms with van der Waals surface area (Å²) in [4.78, 5) is 22.9. The molecule has 0 aliphatic heterocycles. The first-order chi connectivity index (χ1) is 8.34. The summed E-state index contributed by atoms with van der Waals surface area (Å²) in [5.74, 6) is 1.29. The number of rotatable bonds is 8. The van der Waals surface area contributed by atoms with Gasteiger partial charge in [0.2, 0.25) is 5.91 Å². The minimum absolute atomic E-state index is 0.00907. The second-order valence-corrected chi connectivity index (χ2v) is 5.07. The van der Waals surface area contributed by atoms with Crippen LogP contribution in [0.15, 0.2) is 0 Å². The van der Waals surface area contributed by atoms with Crippen LogP contribution in [-0.2, 0) is 9.59 Å². The Bertz CT molecular complexity index is 330. The molecule has 0 bridgehead atoms. The average molecular weight is 253 g/mol. The number of aliphatic carboxylic acids is 1. The summed E-state index contributed by atoms with van der Waals surface area (Å²) in [6.45, 7) is 5.79. The maximum Gasteiger partial charge on any atom is 0.310 e. The second-order valence-electron chi connectivity index (χ2n) is 5.07. The van der Waals surface area contributed by atoms with E-state index in [-0.39, 0.29) is 18.2 Å². The number of carboxylic acid groups (broad SMARTS) is 1. The van der Waals surface area contributed by atoms with Gasteiger partial charge in [-0.15, -0.1) is 12.3 Å². The molecular weight excluding hydrogens is 230 g/mol. The zero-order valence-electron chi connectivity index (χ0n) is 11.5. The molecule has 18 heavy (non-hydrogen) atoms. The van der Waals surface area contributed by atoms with Gasteiger partial charge in [-0.1, -0.05) is 13.8 Å². The van der Waals surface area contributed by atoms with Crippen molar-refractivity contribution < 1.29 is 14.7 Å². The highest BCUT2D eigenvalue weighted by molar-refractivity contribution is 5.84. The summed E-state index contributed by atoms with van der Waals surface area (Å²) in [6, 6.07) is 0. The lowest BCUT2D eigenvalue weighted by atomic mass is 9.76. The number of carboxylic acids is 1. The third-order valence-electron chi connectivity index (χ3n) is 3.36. The minimum atomic E-state index is -1.01. The van der Waals surface area contributed by atoms with Crippen LogP contribution >= 0.6 is 0 Å². The van der Waals surface area contributed by atoms with Crippen molar-refractivity contribution in [2.45, 2.75) is 46.5 Å². The number of carbonyl (C=O) groups is 2. The van der Waals surface area contributed by atoms with Crippen LogP contribution in [0.3, 0.4) is 0 Å². The van der Waals surface area contributed by atoms with E-state index < -0.39 is 11.4 Å². The number of terminal acetylenes is 1. The van der Waals surface area contributed by atoms with E-state index in [2.05, 4.69) is 11.2 Å². The Morgan fingerprint density at radius 2 is 2.00 bits per heavy atom. The fraction of sp³-hybridized carbons (Fsp3) is 0.714. The molecule has 0 spiro atoms. The molecule has 0 saturated heterocycles. The fourth-order valence-corrected chi connectivity index (χ4v) is 1.50. The Balaban J connectivity index is 4.13. The summed E-state index contributed by atoms with van der Waals surface area (Å²) >= 11 is 0. The SMILES string of the molecule is C#CCCCCNC(=O)CC(C)(C(=O)O)C(C)C. The van der Waals surface area contributed by atoms with Crippen LogP contribution < -0.4 is 5.32 Å². The van der Waals surface area contributed by atoms with Crippen molar-refractivity contribution in [1.82, 2.24) is 5.32 Å². The third kappa shape index (κ3) is 5.22. The van der Waals surface area contributed by atoms with Crippen molar-refractivity contribution in [2.75, 3.05) is 6.54 Å². The van der Waals surface area contributed by atoms with E-state index in [4.69, 9.17) is 6.42 Å². The molecule has 0 aliphatic carbocycles. The first-order valence-electron chi connectivity index (χ1n) is 6.28. The summed E-state index contributed by atoms with van der Waals surface area (Å²) < 4.78 is 0. The van der Waals surface area contributed by atoms with Gasteiger partial charge in [0.25, 0.3) is 0 Å². The standard InChI is InChI=1S/C14H23NO3/c1-5-6-7-8-9-15-12(16)10-14(4,11(2)3)13(17)18/h1,11H,6-10H2,2-4H3,(H,15,16)(H,17,18). The lowest BCUT2D eigenvalue weighted by Crippen LogP contribution is -2.39. The van der Waals surface area contributed by atoms with Crippen LogP contribution in [0.4, 0.5) is 0 Å². The van der Waals surface area contributed by atoms with Crippen molar-refractivity contribution in [3.8, 4) is 12.3 Å². The van der Waals surface area contributed by atoms with Crippen molar-refractivity contribution in [2.24, 2.45) is 11.3 Å². The van der Waals surface area contributed by atoms with Crippen LogP contribution in [0, 0.1) is 23.7 Å². The van der Waals surface area contributed by atoms with E-state index in [9.17, 15) is 14.7 Å². The fourth-order valence-electron chi connectivity index (χ4n) is 1.50. The summed E-state index contributed by atoms with van der Waals surface area (Å²) in [5.41, 5.74) is -1.01. The van der Waals surface area contributed by atoms with Gasteiger partial charge >= 0.3 is 5.97 Å². The normalized spacial score (nSPS) is 13.7. The first-order valence-corrected chi connectivity index (χ1v) is 6.28. The Hall–Kier alpha value is -1.50. The van der Waals surface area contributed by atoms with Gasteiger partial charge in [0, 0.05) is 19.4 Å². The van der Waals surface area contributed by atoms with Crippen LogP contribution in [-0.4, -0.2) is 23.5 Å². The smallest absolute Gasteiger partial charge is 0.310 e. The highest BCUT2D eigenvalue weighted by atomic mass is 16.4. The largest absolute Gasteiger partial charge is 0.481 e. The monoisotopic (exact) mass is 253 g/mol. The molecule has 4 heteroatoms. The van der Waals surface area contributed by atoms with E-state index in [1.807, 2.05) is 13.8 Å². The molecule has 0 aliphatic rings. The molecule has 1 unspecified atom stereocenters. The Labute approximate surface area is 109 Å². The Morgan fingerprint density at radius 1 is 1.39 bits per heavy atom. The first kappa shape index (κ1) is 16.5. The zero-order chi connectivity index (χ0) is 14.2. The molecule has 0 saturated carbocycles. The van der Waals surface area contributed by atoms with Crippen molar-refractivity contribution in [3.63, 3.8) is 0 Å². The molecule has 0 aromatic heterocycles. The molecular formula is C14H23NO3. The highest BCUT2D eigenvalue weighted by Gasteiger charge is 2.38. The maximum atomic E-state index is 11.7. The number of nitrogens with one attached hydrogen (secondary N) is 1. The van der Waals surface area contributed by atoms with E-state index in [1.54, 1.807) is 6.92 Å². The maximum absolute atomic E-state index is 11.7. The third-order valence-corrected chi connectivity index (χ3v) is 3.36. The van der Waals surface area contributed by atoms with E-state index in [0.29, 0.717) is 13.0 Å². The van der Waals surface area contributed by atoms with Crippen LogP contribution in [0.1, 0.15) is 46.5 Å². The predicted octanol–water partition coefficient (Wildman–Crippen LogP) is 2.04. The summed E-state index contributed by atoms with van der Waals surface area (Å²) in [6.07, 6.45) is 7.52. The molecule has 102 valence electrons. The molecule has 1 atom stereocenters. The van der Waals surface area contributed by atoms with Gasteiger partial charge in [0.05, 0.1) is 5.41 Å². The predicted molar refractivity (Wildman–Crippen MR) is 70.9 cm³/mol. The van der Waals surface area contributed by atoms with E-state index in [0.717, 1.165) is 12.8 Å². The second kappa shape index (κ2) is 7.75. The number of unbranched alkanes of at least 4 members (excludes halogenated alkanes) is 2. The van der Waals surface area contributed by atoms with Crippen molar-refractivity contribution in [1.29, 1.82) is 0 Å². The van der Waals surface area contributed by atoms with Gasteiger partial charge in [0.15, 0.2) is 0 Å². The molecule has 0 heterocycles. The Kier molecular flexibility index (Phi) is 7.11. The highest BCUT2D eigenvalue weighted by Crippen LogP contribution is 2.31. The van der Waals surface area contributed by atoms with E-state index >= 15 is 0 Å². The number of hydrogen-bond donors (Lipinski definition) is 2. The van der Waals surface area contributed by atoms with Crippen LogP contribution in [0.2, 0.25) is 0 Å². The van der Waals surface area contributed by atoms with Gasteiger partial charge in [-0.05, 0) is 25.7 Å². The molecule has 0 radical (unpaired) electrons. The summed E-state index contributed by atoms with van der Waals surface area (Å²) in [7, 11) is 0. The van der Waals surface area contributed by atoms with Gasteiger partial charge in [-0.3, -0.25) is 9.59 Å². The van der Waals surface area contributed by atoms with Crippen molar-refractivity contribution in [3.05, 3.63) is 0 Å². The summed E-state index contributed by atoms with van der Waals surface area (Å²) in [5, 5.41) is 11.9. The van der Waals surface area contributed by atoms with Gasteiger partial charge in [-0.2, -0.15) is 0 Å². The van der Waals surface area contributed by atoms with Gasteiger partial charge in [0.1, 0.15) is 0 Å². The molecule has 0 aromatic rings. The lowest BCUT2D eigenvalue weighted by molar-refractivity contribution is -0.153. The topological polar surface area (TPSA) is 66.4 Å². The Morgan fingerprint density at radius 3 is 2.44 bits per heavy atom. The van der Waals surface area contributed by atoms with E-state index in [1.165, 1.54) is 0 Å².